The van der Waals surface area contributed by atoms with E-state index in [-0.39, 0.29) is 0 Å². The smallest absolute Gasteiger partial charge is 0.102 e. The topological polar surface area (TPSA) is 28.7 Å². The van der Waals surface area contributed by atoms with E-state index >= 15 is 0 Å². The van der Waals surface area contributed by atoms with Crippen molar-refractivity contribution in [3.8, 4) is 11.8 Å². The summed E-state index contributed by atoms with van der Waals surface area (Å²) in [5.41, 5.74) is 5.15. The number of rotatable bonds is 1. The van der Waals surface area contributed by atoms with E-state index in [0.29, 0.717) is 0 Å². The Hall–Kier alpha value is -3.05. The lowest BCUT2D eigenvalue weighted by atomic mass is 10.1. The number of nitriles is 1. The minimum absolute atomic E-state index is 0.756. The largest absolute Gasteiger partial charge is 0.312 e. The molecule has 1 aromatic heterocycles. The van der Waals surface area contributed by atoms with Crippen molar-refractivity contribution in [2.24, 2.45) is 0 Å². The number of fused-ring (bicyclic) bond motifs is 2. The highest BCUT2D eigenvalue weighted by Gasteiger charge is 2.15. The Kier molecular flexibility index (Phi) is 2.96. The molecule has 0 aliphatic rings. The third-order valence-corrected chi connectivity index (χ3v) is 4.48. The molecule has 2 nitrogen and oxygen atoms in total. The van der Waals surface area contributed by atoms with Crippen LogP contribution >= 0.6 is 0 Å². The van der Waals surface area contributed by atoms with E-state index in [2.05, 4.69) is 66.1 Å². The first-order valence-electron chi connectivity index (χ1n) is 7.70. The van der Waals surface area contributed by atoms with Gasteiger partial charge in [-0.3, -0.25) is 0 Å². The van der Waals surface area contributed by atoms with Gasteiger partial charge in [-0.15, -0.1) is 0 Å². The molecule has 0 aliphatic carbocycles. The zero-order chi connectivity index (χ0) is 16.0. The van der Waals surface area contributed by atoms with Gasteiger partial charge in [-0.1, -0.05) is 42.0 Å². The van der Waals surface area contributed by atoms with Crippen molar-refractivity contribution < 1.29 is 0 Å². The van der Waals surface area contributed by atoms with Crippen LogP contribution in [-0.4, -0.2) is 4.57 Å². The second kappa shape index (κ2) is 5.00. The first-order valence-corrected chi connectivity index (χ1v) is 7.70. The highest BCUT2D eigenvalue weighted by molar-refractivity contribution is 6.01. The van der Waals surface area contributed by atoms with Crippen molar-refractivity contribution in [2.75, 3.05) is 0 Å². The number of nitrogens with zero attached hydrogens (tertiary/aromatic N) is 2. The molecule has 23 heavy (non-hydrogen) atoms. The zero-order valence-electron chi connectivity index (χ0n) is 13.2. The summed E-state index contributed by atoms with van der Waals surface area (Å²) >= 11 is 0. The minimum Gasteiger partial charge on any atom is -0.312 e. The highest BCUT2D eigenvalue weighted by atomic mass is 15.0. The molecule has 0 N–H and O–H groups in total. The molecule has 0 bridgehead atoms. The Labute approximate surface area is 135 Å². The van der Waals surface area contributed by atoms with Crippen LogP contribution in [0, 0.1) is 25.2 Å². The zero-order valence-corrected chi connectivity index (χ0v) is 13.2. The van der Waals surface area contributed by atoms with Gasteiger partial charge in [0.05, 0.1) is 11.1 Å². The SMILES string of the molecule is Cc1ccc(-n2c(C)c(C#N)c3cc4ccccc4cc32)cc1. The van der Waals surface area contributed by atoms with Crippen LogP contribution in [0.5, 0.6) is 0 Å². The number of hydrogen-bond acceptors (Lipinski definition) is 1. The second-order valence-electron chi connectivity index (χ2n) is 5.96. The fourth-order valence-corrected chi connectivity index (χ4v) is 3.27. The van der Waals surface area contributed by atoms with Crippen molar-refractivity contribution in [1.29, 1.82) is 5.26 Å². The van der Waals surface area contributed by atoms with Gasteiger partial charge in [0.1, 0.15) is 6.07 Å². The summed E-state index contributed by atoms with van der Waals surface area (Å²) in [6.07, 6.45) is 0. The summed E-state index contributed by atoms with van der Waals surface area (Å²) in [6, 6.07) is 23.4. The molecule has 0 fully saturated rings. The van der Waals surface area contributed by atoms with E-state index in [1.807, 2.05) is 19.1 Å². The van der Waals surface area contributed by atoms with Gasteiger partial charge in [0.25, 0.3) is 0 Å². The summed E-state index contributed by atoms with van der Waals surface area (Å²) in [5, 5.41) is 13.0. The first kappa shape index (κ1) is 13.6. The van der Waals surface area contributed by atoms with Crippen molar-refractivity contribution in [3.05, 3.63) is 77.5 Å². The standard InChI is InChI=1S/C21H16N2/c1-14-7-9-18(10-8-14)23-15(2)20(13-22)19-11-16-5-3-4-6-17(16)12-21(19)23/h3-12H,1-2H3. The molecule has 110 valence electrons. The molecule has 4 aromatic rings. The maximum atomic E-state index is 9.63. The van der Waals surface area contributed by atoms with Crippen LogP contribution in [0.25, 0.3) is 27.4 Å². The van der Waals surface area contributed by atoms with Crippen LogP contribution in [0.1, 0.15) is 16.8 Å². The van der Waals surface area contributed by atoms with Crippen molar-refractivity contribution in [3.63, 3.8) is 0 Å². The lowest BCUT2D eigenvalue weighted by Crippen LogP contribution is -1.96. The Morgan fingerprint density at radius 2 is 1.52 bits per heavy atom. The molecule has 0 atom stereocenters. The van der Waals surface area contributed by atoms with Crippen LogP contribution in [0.15, 0.2) is 60.7 Å². The maximum absolute atomic E-state index is 9.63. The van der Waals surface area contributed by atoms with Gasteiger partial charge in [0, 0.05) is 16.8 Å². The predicted octanol–water partition coefficient (Wildman–Crippen LogP) is 5.27. The Bertz CT molecular complexity index is 1080. The van der Waals surface area contributed by atoms with Crippen LogP contribution in [0.4, 0.5) is 0 Å². The lowest BCUT2D eigenvalue weighted by Gasteiger charge is -2.09. The van der Waals surface area contributed by atoms with Crippen molar-refractivity contribution in [2.45, 2.75) is 13.8 Å². The lowest BCUT2D eigenvalue weighted by molar-refractivity contribution is 1.05. The average Bonchev–Trinajstić information content (AvgIpc) is 2.84. The van der Waals surface area contributed by atoms with Gasteiger partial charge in [0.15, 0.2) is 0 Å². The third-order valence-electron chi connectivity index (χ3n) is 4.48. The Morgan fingerprint density at radius 3 is 2.17 bits per heavy atom. The fraction of sp³-hybridized carbons (Fsp3) is 0.0952. The van der Waals surface area contributed by atoms with E-state index < -0.39 is 0 Å². The molecule has 0 radical (unpaired) electrons. The second-order valence-corrected chi connectivity index (χ2v) is 5.96. The number of aryl methyl sites for hydroxylation is 1. The fourth-order valence-electron chi connectivity index (χ4n) is 3.27. The van der Waals surface area contributed by atoms with E-state index in [0.717, 1.165) is 33.2 Å². The molecular weight excluding hydrogens is 280 g/mol. The van der Waals surface area contributed by atoms with Crippen molar-refractivity contribution in [1.82, 2.24) is 4.57 Å². The molecule has 3 aromatic carbocycles. The predicted molar refractivity (Wildman–Crippen MR) is 95.0 cm³/mol. The summed E-state index contributed by atoms with van der Waals surface area (Å²) in [5.74, 6) is 0. The Morgan fingerprint density at radius 1 is 0.870 bits per heavy atom. The average molecular weight is 296 g/mol. The summed E-state index contributed by atoms with van der Waals surface area (Å²) in [4.78, 5) is 0. The van der Waals surface area contributed by atoms with Gasteiger partial charge in [-0.2, -0.15) is 5.26 Å². The van der Waals surface area contributed by atoms with Gasteiger partial charge in [-0.05, 0) is 48.9 Å². The van der Waals surface area contributed by atoms with Crippen LogP contribution < -0.4 is 0 Å². The number of aromatic nitrogens is 1. The van der Waals surface area contributed by atoms with Crippen molar-refractivity contribution >= 4 is 21.7 Å². The summed E-state index contributed by atoms with van der Waals surface area (Å²) < 4.78 is 2.18. The third kappa shape index (κ3) is 2.02. The normalized spacial score (nSPS) is 11.0. The first-order chi connectivity index (χ1) is 11.2. The van der Waals surface area contributed by atoms with E-state index in [1.54, 1.807) is 0 Å². The molecule has 0 saturated carbocycles. The maximum Gasteiger partial charge on any atom is 0.102 e. The summed E-state index contributed by atoms with van der Waals surface area (Å²) in [6.45, 7) is 4.10. The highest BCUT2D eigenvalue weighted by Crippen LogP contribution is 2.32. The quantitative estimate of drug-likeness (QED) is 0.470. The molecule has 0 amide bonds. The van der Waals surface area contributed by atoms with Crippen LogP contribution in [0.3, 0.4) is 0 Å². The summed E-state index contributed by atoms with van der Waals surface area (Å²) in [7, 11) is 0. The molecule has 4 rings (SSSR count). The molecule has 2 heteroatoms. The molecule has 1 heterocycles. The number of hydrogen-bond donors (Lipinski definition) is 0. The van der Waals surface area contributed by atoms with Crippen LogP contribution in [0.2, 0.25) is 0 Å². The number of benzene rings is 3. The molecular formula is C21H16N2. The molecule has 0 aliphatic heterocycles. The van der Waals surface area contributed by atoms with E-state index in [9.17, 15) is 5.26 Å². The minimum atomic E-state index is 0.756. The molecule has 0 saturated heterocycles. The van der Waals surface area contributed by atoms with Gasteiger partial charge in [0.2, 0.25) is 0 Å². The van der Waals surface area contributed by atoms with Crippen LogP contribution in [-0.2, 0) is 0 Å². The monoisotopic (exact) mass is 296 g/mol. The van der Waals surface area contributed by atoms with Gasteiger partial charge in [-0.25, -0.2) is 0 Å². The molecule has 0 spiro atoms. The van der Waals surface area contributed by atoms with Gasteiger partial charge < -0.3 is 4.57 Å². The Balaban J connectivity index is 2.14. The molecule has 0 unspecified atom stereocenters. The van der Waals surface area contributed by atoms with E-state index in [4.69, 9.17) is 0 Å². The van der Waals surface area contributed by atoms with E-state index in [1.165, 1.54) is 10.9 Å². The van der Waals surface area contributed by atoms with Gasteiger partial charge >= 0.3 is 0 Å².